The molecule has 4 heteroatoms. The summed E-state index contributed by atoms with van der Waals surface area (Å²) in [5.41, 5.74) is 0. The third kappa shape index (κ3) is 11.1. The Kier molecular flexibility index (Phi) is 9.30. The van der Waals surface area contributed by atoms with Crippen LogP contribution in [0.15, 0.2) is 0 Å². The molecule has 0 aliphatic heterocycles. The molecule has 0 atom stereocenters. The zero-order chi connectivity index (χ0) is 13.1. The van der Waals surface area contributed by atoms with Crippen LogP contribution in [-0.2, 0) is 19.1 Å². The van der Waals surface area contributed by atoms with Crippen LogP contribution in [0.5, 0.6) is 0 Å². The number of rotatable bonds is 10. The van der Waals surface area contributed by atoms with Gasteiger partial charge in [-0.25, -0.2) is 0 Å². The van der Waals surface area contributed by atoms with Crippen LogP contribution in [0.4, 0.5) is 0 Å². The number of Topliss-reactive ketones (excluding diaryl/α,β-unsaturated/α-hetero) is 2. The minimum absolute atomic E-state index is 0.176. The summed E-state index contributed by atoms with van der Waals surface area (Å²) in [5, 5.41) is 0. The average molecular weight is 242 g/mol. The first-order valence-electron chi connectivity index (χ1n) is 6.14. The number of carbonyl (C=O) groups is 3. The Balaban J connectivity index is 3.35. The lowest BCUT2D eigenvalue weighted by atomic mass is 10.1. The van der Waals surface area contributed by atoms with E-state index in [9.17, 15) is 14.4 Å². The summed E-state index contributed by atoms with van der Waals surface area (Å²) in [7, 11) is 1.36. The molecule has 0 saturated carbocycles. The molecule has 98 valence electrons. The summed E-state index contributed by atoms with van der Waals surface area (Å²) in [5.74, 6) is 0.174. The minimum atomic E-state index is -0.223. The summed E-state index contributed by atoms with van der Waals surface area (Å²) >= 11 is 0. The Morgan fingerprint density at radius 3 is 1.76 bits per heavy atom. The van der Waals surface area contributed by atoms with Crippen LogP contribution in [-0.4, -0.2) is 24.6 Å². The van der Waals surface area contributed by atoms with Gasteiger partial charge in [0.1, 0.15) is 11.6 Å². The molecule has 0 aliphatic rings. The molecule has 0 spiro atoms. The van der Waals surface area contributed by atoms with E-state index in [2.05, 4.69) is 4.74 Å². The quantitative estimate of drug-likeness (QED) is 0.436. The van der Waals surface area contributed by atoms with E-state index in [4.69, 9.17) is 0 Å². The highest BCUT2D eigenvalue weighted by atomic mass is 16.5. The molecule has 17 heavy (non-hydrogen) atoms. The molecular weight excluding hydrogens is 220 g/mol. The molecule has 0 fully saturated rings. The zero-order valence-electron chi connectivity index (χ0n) is 10.8. The van der Waals surface area contributed by atoms with Crippen molar-refractivity contribution in [2.45, 2.75) is 58.3 Å². The van der Waals surface area contributed by atoms with Crippen molar-refractivity contribution in [3.8, 4) is 0 Å². The van der Waals surface area contributed by atoms with Gasteiger partial charge in [0.2, 0.25) is 0 Å². The molecule has 0 aromatic heterocycles. The Labute approximate surface area is 103 Å². The fraction of sp³-hybridized carbons (Fsp3) is 0.769. The van der Waals surface area contributed by atoms with Crippen molar-refractivity contribution < 1.29 is 19.1 Å². The summed E-state index contributed by atoms with van der Waals surface area (Å²) in [6.45, 7) is 1.56. The van der Waals surface area contributed by atoms with Gasteiger partial charge in [-0.1, -0.05) is 0 Å². The van der Waals surface area contributed by atoms with Gasteiger partial charge in [0, 0.05) is 25.7 Å². The Bertz CT molecular complexity index is 258. The van der Waals surface area contributed by atoms with Gasteiger partial charge >= 0.3 is 5.97 Å². The molecule has 0 amide bonds. The number of ether oxygens (including phenoxy) is 1. The van der Waals surface area contributed by atoms with Crippen molar-refractivity contribution in [1.82, 2.24) is 0 Å². The van der Waals surface area contributed by atoms with Gasteiger partial charge < -0.3 is 9.53 Å². The molecule has 0 aliphatic carbocycles. The second-order valence-corrected chi connectivity index (χ2v) is 4.23. The predicted molar refractivity (Wildman–Crippen MR) is 64.6 cm³/mol. The first kappa shape index (κ1) is 15.8. The van der Waals surface area contributed by atoms with E-state index in [0.29, 0.717) is 32.1 Å². The molecule has 0 N–H and O–H groups in total. The third-order valence-electron chi connectivity index (χ3n) is 2.55. The lowest BCUT2D eigenvalue weighted by molar-refractivity contribution is -0.140. The minimum Gasteiger partial charge on any atom is -0.469 e. The predicted octanol–water partition coefficient (Wildman–Crippen LogP) is 2.44. The third-order valence-corrected chi connectivity index (χ3v) is 2.55. The Morgan fingerprint density at radius 2 is 1.29 bits per heavy atom. The molecular formula is C13H22O4. The number of unbranched alkanes of at least 4 members (excludes halogenated alkanes) is 2. The summed E-state index contributed by atoms with van der Waals surface area (Å²) in [6, 6.07) is 0. The molecule has 0 unspecified atom stereocenters. The monoisotopic (exact) mass is 242 g/mol. The molecule has 0 radical (unpaired) electrons. The van der Waals surface area contributed by atoms with Crippen molar-refractivity contribution in [3.63, 3.8) is 0 Å². The fourth-order valence-electron chi connectivity index (χ4n) is 1.51. The highest BCUT2D eigenvalue weighted by Gasteiger charge is 2.04. The van der Waals surface area contributed by atoms with Crippen LogP contribution in [0, 0.1) is 0 Å². The lowest BCUT2D eigenvalue weighted by Crippen LogP contribution is -2.02. The number of methoxy groups -OCH3 is 1. The number of carbonyl (C=O) groups excluding carboxylic acids is 3. The van der Waals surface area contributed by atoms with E-state index < -0.39 is 0 Å². The van der Waals surface area contributed by atoms with E-state index in [1.807, 2.05) is 0 Å². The summed E-state index contributed by atoms with van der Waals surface area (Å²) < 4.78 is 4.50. The molecule has 0 aromatic rings. The van der Waals surface area contributed by atoms with Crippen LogP contribution in [0.2, 0.25) is 0 Å². The Morgan fingerprint density at radius 1 is 0.824 bits per heavy atom. The second-order valence-electron chi connectivity index (χ2n) is 4.23. The van der Waals surface area contributed by atoms with Crippen LogP contribution >= 0.6 is 0 Å². The first-order chi connectivity index (χ1) is 8.06. The van der Waals surface area contributed by atoms with Gasteiger partial charge in [0.25, 0.3) is 0 Å². The lowest BCUT2D eigenvalue weighted by Gasteiger charge is -2.01. The maximum atomic E-state index is 11.4. The van der Waals surface area contributed by atoms with Gasteiger partial charge in [-0.2, -0.15) is 0 Å². The SMILES string of the molecule is COC(=O)CCCCC(=O)CCCCC(C)=O. The summed E-state index contributed by atoms with van der Waals surface area (Å²) in [6.07, 6.45) is 5.04. The molecule has 0 aromatic carbocycles. The normalized spacial score (nSPS) is 10.0. The van der Waals surface area contributed by atoms with Crippen LogP contribution in [0.25, 0.3) is 0 Å². The maximum Gasteiger partial charge on any atom is 0.305 e. The van der Waals surface area contributed by atoms with Crippen LogP contribution < -0.4 is 0 Å². The average Bonchev–Trinajstić information content (AvgIpc) is 2.29. The van der Waals surface area contributed by atoms with Crippen molar-refractivity contribution in [3.05, 3.63) is 0 Å². The van der Waals surface area contributed by atoms with Crippen molar-refractivity contribution >= 4 is 17.5 Å². The fourth-order valence-corrected chi connectivity index (χ4v) is 1.51. The van der Waals surface area contributed by atoms with E-state index in [1.165, 1.54) is 7.11 Å². The molecule has 4 nitrogen and oxygen atoms in total. The number of hydrogen-bond donors (Lipinski definition) is 0. The molecule has 0 rings (SSSR count). The standard InChI is InChI=1S/C13H22O4/c1-11(14)7-3-4-8-12(15)9-5-6-10-13(16)17-2/h3-10H2,1-2H3. The smallest absolute Gasteiger partial charge is 0.305 e. The molecule has 0 bridgehead atoms. The second kappa shape index (κ2) is 10.00. The number of ketones is 2. The Hall–Kier alpha value is -1.19. The van der Waals surface area contributed by atoms with Gasteiger partial charge in [-0.15, -0.1) is 0 Å². The van der Waals surface area contributed by atoms with Gasteiger partial charge in [0.15, 0.2) is 0 Å². The highest BCUT2D eigenvalue weighted by Crippen LogP contribution is 2.07. The molecule has 0 saturated heterocycles. The first-order valence-corrected chi connectivity index (χ1v) is 6.14. The van der Waals surface area contributed by atoms with Crippen molar-refractivity contribution in [2.24, 2.45) is 0 Å². The van der Waals surface area contributed by atoms with E-state index in [-0.39, 0.29) is 17.5 Å². The van der Waals surface area contributed by atoms with Crippen molar-refractivity contribution in [2.75, 3.05) is 7.11 Å². The zero-order valence-corrected chi connectivity index (χ0v) is 10.8. The topological polar surface area (TPSA) is 60.4 Å². The van der Waals surface area contributed by atoms with E-state index >= 15 is 0 Å². The largest absolute Gasteiger partial charge is 0.469 e. The number of hydrogen-bond acceptors (Lipinski definition) is 4. The van der Waals surface area contributed by atoms with E-state index in [1.54, 1.807) is 6.92 Å². The van der Waals surface area contributed by atoms with Gasteiger partial charge in [-0.05, 0) is 32.6 Å². The maximum absolute atomic E-state index is 11.4. The van der Waals surface area contributed by atoms with Gasteiger partial charge in [0.05, 0.1) is 7.11 Å². The van der Waals surface area contributed by atoms with Crippen molar-refractivity contribution in [1.29, 1.82) is 0 Å². The van der Waals surface area contributed by atoms with Crippen LogP contribution in [0.1, 0.15) is 58.3 Å². The van der Waals surface area contributed by atoms with E-state index in [0.717, 1.165) is 19.3 Å². The van der Waals surface area contributed by atoms with Crippen LogP contribution in [0.3, 0.4) is 0 Å². The number of esters is 1. The summed E-state index contributed by atoms with van der Waals surface area (Å²) in [4.78, 5) is 32.9. The molecule has 0 heterocycles. The van der Waals surface area contributed by atoms with Gasteiger partial charge in [-0.3, -0.25) is 9.59 Å². The highest BCUT2D eigenvalue weighted by molar-refractivity contribution is 5.78.